The number of rotatable bonds is 1. The van der Waals surface area contributed by atoms with Crippen molar-refractivity contribution >= 4 is 22.8 Å². The van der Waals surface area contributed by atoms with E-state index in [1.807, 2.05) is 23.7 Å². The van der Waals surface area contributed by atoms with Crippen LogP contribution >= 0.6 is 11.6 Å². The van der Waals surface area contributed by atoms with Gasteiger partial charge in [-0.1, -0.05) is 11.6 Å². The molecule has 0 radical (unpaired) electrons. The van der Waals surface area contributed by atoms with Crippen LogP contribution in [0.15, 0.2) is 36.5 Å². The molecular weight excluding hydrogens is 250 g/mol. The third kappa shape index (κ3) is 1.62. The number of fused-ring (bicyclic) bond motifs is 1. The fourth-order valence-electron chi connectivity index (χ4n) is 1.95. The summed E-state index contributed by atoms with van der Waals surface area (Å²) in [5.41, 5.74) is 2.16. The van der Waals surface area contributed by atoms with Gasteiger partial charge in [0.1, 0.15) is 17.1 Å². The number of pyridine rings is 1. The average molecular weight is 260 g/mol. The molecule has 0 spiro atoms. The molecule has 18 heavy (non-hydrogen) atoms. The van der Waals surface area contributed by atoms with Crippen LogP contribution in [0.2, 0.25) is 5.02 Å². The first-order chi connectivity index (χ1) is 8.66. The highest BCUT2D eigenvalue weighted by Gasteiger charge is 2.14. The summed E-state index contributed by atoms with van der Waals surface area (Å²) < 4.78 is 1.83. The molecule has 1 N–H and O–H groups in total. The fourth-order valence-corrected chi connectivity index (χ4v) is 2.12. The van der Waals surface area contributed by atoms with Crippen molar-refractivity contribution in [1.82, 2.24) is 14.5 Å². The number of aryl methyl sites for hydroxylation is 1. The largest absolute Gasteiger partial charge is 0.507 e. The highest BCUT2D eigenvalue weighted by Crippen LogP contribution is 2.32. The first-order valence-corrected chi connectivity index (χ1v) is 5.81. The third-order valence-electron chi connectivity index (χ3n) is 2.83. The minimum absolute atomic E-state index is 0.151. The summed E-state index contributed by atoms with van der Waals surface area (Å²) in [6.07, 6.45) is 1.71. The zero-order chi connectivity index (χ0) is 12.7. The lowest BCUT2D eigenvalue weighted by Gasteiger charge is -2.05. The Morgan fingerprint density at radius 2 is 2.11 bits per heavy atom. The second-order valence-corrected chi connectivity index (χ2v) is 4.44. The van der Waals surface area contributed by atoms with E-state index in [9.17, 15) is 5.11 Å². The number of phenols is 1. The van der Waals surface area contributed by atoms with E-state index >= 15 is 0 Å². The summed E-state index contributed by atoms with van der Waals surface area (Å²) >= 11 is 5.95. The van der Waals surface area contributed by atoms with Crippen LogP contribution in [0.5, 0.6) is 5.75 Å². The van der Waals surface area contributed by atoms with Gasteiger partial charge >= 0.3 is 0 Å². The first kappa shape index (κ1) is 11.0. The van der Waals surface area contributed by atoms with E-state index in [4.69, 9.17) is 11.6 Å². The molecule has 5 heteroatoms. The molecule has 0 aliphatic heterocycles. The summed E-state index contributed by atoms with van der Waals surface area (Å²) in [5, 5.41) is 10.5. The van der Waals surface area contributed by atoms with Crippen molar-refractivity contribution in [2.24, 2.45) is 7.05 Å². The first-order valence-electron chi connectivity index (χ1n) is 5.43. The lowest BCUT2D eigenvalue weighted by atomic mass is 10.2. The predicted octanol–water partition coefficient (Wildman–Crippen LogP) is 2.99. The second-order valence-electron chi connectivity index (χ2n) is 4.00. The van der Waals surface area contributed by atoms with Gasteiger partial charge in [0.2, 0.25) is 0 Å². The van der Waals surface area contributed by atoms with Crippen LogP contribution in [0, 0.1) is 0 Å². The molecule has 0 aliphatic rings. The molecule has 2 heterocycles. The molecule has 0 bridgehead atoms. The number of halogens is 1. The van der Waals surface area contributed by atoms with Gasteiger partial charge in [-0.15, -0.1) is 0 Å². The zero-order valence-electron chi connectivity index (χ0n) is 9.63. The molecule has 4 nitrogen and oxygen atoms in total. The van der Waals surface area contributed by atoms with Crippen molar-refractivity contribution in [1.29, 1.82) is 0 Å². The van der Waals surface area contributed by atoms with Crippen molar-refractivity contribution in [3.8, 4) is 17.1 Å². The summed E-state index contributed by atoms with van der Waals surface area (Å²) in [5.74, 6) is 0.793. The van der Waals surface area contributed by atoms with Crippen molar-refractivity contribution in [2.75, 3.05) is 0 Å². The predicted molar refractivity (Wildman–Crippen MR) is 70.6 cm³/mol. The molecule has 0 atom stereocenters. The highest BCUT2D eigenvalue weighted by molar-refractivity contribution is 6.30. The minimum atomic E-state index is 0.151. The second kappa shape index (κ2) is 3.99. The fraction of sp³-hybridized carbons (Fsp3) is 0.0769. The topological polar surface area (TPSA) is 50.9 Å². The molecule has 3 aromatic rings. The van der Waals surface area contributed by atoms with E-state index in [-0.39, 0.29) is 5.75 Å². The molecule has 0 fully saturated rings. The van der Waals surface area contributed by atoms with Crippen molar-refractivity contribution in [2.45, 2.75) is 0 Å². The van der Waals surface area contributed by atoms with Crippen LogP contribution in [-0.4, -0.2) is 19.6 Å². The molecule has 0 aliphatic carbocycles. The van der Waals surface area contributed by atoms with Gasteiger partial charge in [-0.2, -0.15) is 0 Å². The molecular formula is C13H10ClN3O. The Morgan fingerprint density at radius 1 is 1.28 bits per heavy atom. The number of nitrogens with zero attached hydrogens (tertiary/aromatic N) is 3. The van der Waals surface area contributed by atoms with Crippen LogP contribution in [-0.2, 0) is 7.05 Å². The van der Waals surface area contributed by atoms with Crippen molar-refractivity contribution in [3.63, 3.8) is 0 Å². The molecule has 0 saturated heterocycles. The van der Waals surface area contributed by atoms with Gasteiger partial charge in [0.15, 0.2) is 5.65 Å². The lowest BCUT2D eigenvalue weighted by molar-refractivity contribution is 0.476. The van der Waals surface area contributed by atoms with Crippen LogP contribution in [0.4, 0.5) is 0 Å². The van der Waals surface area contributed by atoms with Gasteiger partial charge < -0.3 is 9.67 Å². The SMILES string of the molecule is Cn1c(-c2cc(Cl)ccc2O)nc2cccnc21. The minimum Gasteiger partial charge on any atom is -0.507 e. The molecule has 2 aromatic heterocycles. The molecule has 1 aromatic carbocycles. The van der Waals surface area contributed by atoms with E-state index in [1.54, 1.807) is 24.4 Å². The van der Waals surface area contributed by atoms with Gasteiger partial charge in [0.25, 0.3) is 0 Å². The summed E-state index contributed by atoms with van der Waals surface area (Å²) in [6.45, 7) is 0. The van der Waals surface area contributed by atoms with Crippen LogP contribution in [0.1, 0.15) is 0 Å². The van der Waals surface area contributed by atoms with Gasteiger partial charge in [0, 0.05) is 18.3 Å². The van der Waals surface area contributed by atoms with Gasteiger partial charge in [0.05, 0.1) is 5.56 Å². The molecule has 90 valence electrons. The van der Waals surface area contributed by atoms with Gasteiger partial charge in [-0.05, 0) is 30.3 Å². The maximum absolute atomic E-state index is 9.91. The van der Waals surface area contributed by atoms with Crippen LogP contribution in [0.3, 0.4) is 0 Å². The maximum Gasteiger partial charge on any atom is 0.160 e. The van der Waals surface area contributed by atoms with Crippen LogP contribution in [0.25, 0.3) is 22.6 Å². The third-order valence-corrected chi connectivity index (χ3v) is 3.06. The average Bonchev–Trinajstić information content (AvgIpc) is 2.71. The summed E-state index contributed by atoms with van der Waals surface area (Å²) in [4.78, 5) is 8.73. The Kier molecular flexibility index (Phi) is 2.45. The van der Waals surface area contributed by atoms with Gasteiger partial charge in [-0.25, -0.2) is 9.97 Å². The number of hydrogen-bond acceptors (Lipinski definition) is 3. The number of imidazole rings is 1. The standard InChI is InChI=1S/C13H10ClN3O/c1-17-12(9-7-8(14)4-5-11(9)18)16-10-3-2-6-15-13(10)17/h2-7,18H,1H3. The number of hydrogen-bond donors (Lipinski definition) is 1. The van der Waals surface area contributed by atoms with Crippen molar-refractivity contribution in [3.05, 3.63) is 41.6 Å². The monoisotopic (exact) mass is 259 g/mol. The Balaban J connectivity index is 2.31. The Morgan fingerprint density at radius 3 is 2.89 bits per heavy atom. The molecule has 0 saturated carbocycles. The molecule has 0 unspecified atom stereocenters. The van der Waals surface area contributed by atoms with E-state index in [2.05, 4.69) is 9.97 Å². The number of phenolic OH excluding ortho intramolecular Hbond substituents is 1. The Labute approximate surface area is 108 Å². The zero-order valence-corrected chi connectivity index (χ0v) is 10.4. The van der Waals surface area contributed by atoms with Crippen LogP contribution < -0.4 is 0 Å². The highest BCUT2D eigenvalue weighted by atomic mass is 35.5. The maximum atomic E-state index is 9.91. The van der Waals surface area contributed by atoms with E-state index in [0.717, 1.165) is 11.2 Å². The summed E-state index contributed by atoms with van der Waals surface area (Å²) in [7, 11) is 1.86. The molecule has 0 amide bonds. The van der Waals surface area contributed by atoms with Crippen molar-refractivity contribution < 1.29 is 5.11 Å². The Hall–Kier alpha value is -2.07. The molecule has 3 rings (SSSR count). The smallest absolute Gasteiger partial charge is 0.160 e. The quantitative estimate of drug-likeness (QED) is 0.731. The lowest BCUT2D eigenvalue weighted by Crippen LogP contribution is -1.94. The Bertz CT molecular complexity index is 736. The van der Waals surface area contributed by atoms with E-state index < -0.39 is 0 Å². The number of benzene rings is 1. The number of aromatic nitrogens is 3. The van der Waals surface area contributed by atoms with Gasteiger partial charge in [-0.3, -0.25) is 0 Å². The van der Waals surface area contributed by atoms with E-state index in [0.29, 0.717) is 16.4 Å². The summed E-state index contributed by atoms with van der Waals surface area (Å²) in [6, 6.07) is 8.61. The van der Waals surface area contributed by atoms with E-state index in [1.165, 1.54) is 0 Å². The number of aromatic hydroxyl groups is 1. The normalized spacial score (nSPS) is 11.0.